The van der Waals surface area contributed by atoms with E-state index in [0.29, 0.717) is 30.1 Å². The third-order valence-electron chi connectivity index (χ3n) is 2.68. The van der Waals surface area contributed by atoms with E-state index in [0.717, 1.165) is 0 Å². The third kappa shape index (κ3) is 2.28. The van der Waals surface area contributed by atoms with Crippen LogP contribution in [0.25, 0.3) is 0 Å². The molecule has 1 aliphatic heterocycles. The Morgan fingerprint density at radius 1 is 1.44 bits per heavy atom. The molecule has 1 aromatic heterocycles. The highest BCUT2D eigenvalue weighted by atomic mass is 32.2. The number of nitrogens with two attached hydrogens (primary N) is 1. The largest absolute Gasteiger partial charge is 0.301 e. The van der Waals surface area contributed by atoms with Crippen molar-refractivity contribution in [1.29, 1.82) is 0 Å². The van der Waals surface area contributed by atoms with Gasteiger partial charge in [0.25, 0.3) is 10.0 Å². The van der Waals surface area contributed by atoms with E-state index in [1.54, 1.807) is 17.5 Å². The Labute approximate surface area is 98.8 Å². The van der Waals surface area contributed by atoms with Gasteiger partial charge in [-0.2, -0.15) is 4.31 Å². The molecule has 2 heterocycles. The Balaban J connectivity index is 2.09. The van der Waals surface area contributed by atoms with Gasteiger partial charge in [-0.1, -0.05) is 6.07 Å². The summed E-state index contributed by atoms with van der Waals surface area (Å²) in [5.74, 6) is 5.09. The van der Waals surface area contributed by atoms with E-state index in [9.17, 15) is 8.42 Å². The van der Waals surface area contributed by atoms with Crippen LogP contribution in [0.1, 0.15) is 12.8 Å². The predicted molar refractivity (Wildman–Crippen MR) is 61.4 cm³/mol. The number of hydrogen-bond acceptors (Lipinski definition) is 5. The molecule has 0 aromatic carbocycles. The normalized spacial score (nSPS) is 20.1. The zero-order chi connectivity index (χ0) is 11.6. The van der Waals surface area contributed by atoms with E-state index >= 15 is 0 Å². The number of rotatable bonds is 3. The number of thiophene rings is 1. The van der Waals surface area contributed by atoms with E-state index < -0.39 is 10.0 Å². The second kappa shape index (κ2) is 4.80. The topological polar surface area (TPSA) is 72.6 Å². The van der Waals surface area contributed by atoms with Crippen LogP contribution in [0, 0.1) is 0 Å². The molecule has 2 rings (SSSR count). The first kappa shape index (κ1) is 12.0. The van der Waals surface area contributed by atoms with Gasteiger partial charge >= 0.3 is 0 Å². The Bertz CT molecular complexity index is 422. The van der Waals surface area contributed by atoms with Crippen LogP contribution in [-0.2, 0) is 14.9 Å². The molecule has 0 radical (unpaired) electrons. The first-order chi connectivity index (χ1) is 7.64. The second-order valence-electron chi connectivity index (χ2n) is 3.67. The number of nitrogens with zero attached hydrogens (tertiary/aromatic N) is 1. The molecule has 0 aliphatic carbocycles. The summed E-state index contributed by atoms with van der Waals surface area (Å²) >= 11 is 1.24. The van der Waals surface area contributed by atoms with E-state index in [1.807, 2.05) is 0 Å². The van der Waals surface area contributed by atoms with E-state index in [4.69, 9.17) is 10.7 Å². The summed E-state index contributed by atoms with van der Waals surface area (Å²) in [7, 11) is -3.29. The minimum atomic E-state index is -3.29. The highest BCUT2D eigenvalue weighted by molar-refractivity contribution is 7.91. The lowest BCUT2D eigenvalue weighted by molar-refractivity contribution is 0.0205. The molecule has 16 heavy (non-hydrogen) atoms. The van der Waals surface area contributed by atoms with E-state index in [2.05, 4.69) is 0 Å². The van der Waals surface area contributed by atoms with Crippen LogP contribution in [0.15, 0.2) is 21.7 Å². The lowest BCUT2D eigenvalue weighted by Gasteiger charge is -2.29. The van der Waals surface area contributed by atoms with Crippen molar-refractivity contribution in [3.05, 3.63) is 17.5 Å². The number of piperidine rings is 1. The van der Waals surface area contributed by atoms with E-state index in [-0.39, 0.29) is 6.10 Å². The molecule has 0 amide bonds. The zero-order valence-electron chi connectivity index (χ0n) is 8.70. The highest BCUT2D eigenvalue weighted by Gasteiger charge is 2.29. The summed E-state index contributed by atoms with van der Waals surface area (Å²) in [6.45, 7) is 0.949. The van der Waals surface area contributed by atoms with Gasteiger partial charge in [-0.05, 0) is 24.3 Å². The van der Waals surface area contributed by atoms with Gasteiger partial charge in [0.05, 0.1) is 6.10 Å². The molecule has 0 unspecified atom stereocenters. The summed E-state index contributed by atoms with van der Waals surface area (Å²) in [5.41, 5.74) is 0. The minimum absolute atomic E-state index is 0.0187. The maximum Gasteiger partial charge on any atom is 0.252 e. The Hall–Kier alpha value is -0.470. The van der Waals surface area contributed by atoms with Crippen LogP contribution in [-0.4, -0.2) is 31.9 Å². The molecule has 7 heteroatoms. The second-order valence-corrected chi connectivity index (χ2v) is 6.78. The fourth-order valence-corrected chi connectivity index (χ4v) is 4.36. The first-order valence-electron chi connectivity index (χ1n) is 5.04. The number of hydrogen-bond donors (Lipinski definition) is 1. The lowest BCUT2D eigenvalue weighted by Crippen LogP contribution is -2.41. The van der Waals surface area contributed by atoms with Crippen LogP contribution in [0.3, 0.4) is 0 Å². The molecule has 5 nitrogen and oxygen atoms in total. The highest BCUT2D eigenvalue weighted by Crippen LogP contribution is 2.24. The predicted octanol–water partition coefficient (Wildman–Crippen LogP) is 0.791. The van der Waals surface area contributed by atoms with Gasteiger partial charge in [-0.15, -0.1) is 11.3 Å². The van der Waals surface area contributed by atoms with Crippen molar-refractivity contribution < 1.29 is 13.3 Å². The summed E-state index contributed by atoms with van der Waals surface area (Å²) in [5, 5.41) is 1.77. The van der Waals surface area contributed by atoms with Crippen molar-refractivity contribution in [2.24, 2.45) is 5.90 Å². The summed E-state index contributed by atoms with van der Waals surface area (Å²) in [4.78, 5) is 4.72. The molecule has 1 aliphatic rings. The van der Waals surface area contributed by atoms with Gasteiger partial charge in [0.15, 0.2) is 0 Å². The van der Waals surface area contributed by atoms with Crippen LogP contribution in [0.2, 0.25) is 0 Å². The Kier molecular flexibility index (Phi) is 3.60. The fraction of sp³-hybridized carbons (Fsp3) is 0.556. The zero-order valence-corrected chi connectivity index (χ0v) is 10.3. The first-order valence-corrected chi connectivity index (χ1v) is 7.36. The van der Waals surface area contributed by atoms with Gasteiger partial charge in [-0.3, -0.25) is 0 Å². The fourth-order valence-electron chi connectivity index (χ4n) is 1.75. The average Bonchev–Trinajstić information content (AvgIpc) is 2.83. The SMILES string of the molecule is NOC1CCN(S(=O)(=O)c2cccs2)CC1. The van der Waals surface area contributed by atoms with Gasteiger partial charge < -0.3 is 4.84 Å². The van der Waals surface area contributed by atoms with Crippen molar-refractivity contribution in [3.8, 4) is 0 Å². The van der Waals surface area contributed by atoms with Gasteiger partial charge in [-0.25, -0.2) is 14.3 Å². The molecule has 90 valence electrons. The smallest absolute Gasteiger partial charge is 0.252 e. The van der Waals surface area contributed by atoms with Crippen molar-refractivity contribution in [3.63, 3.8) is 0 Å². The standard InChI is InChI=1S/C9H14N2O3S2/c10-14-8-3-5-11(6-4-8)16(12,13)9-2-1-7-15-9/h1-2,7-8H,3-6,10H2. The van der Waals surface area contributed by atoms with Crippen LogP contribution < -0.4 is 5.90 Å². The molecular weight excluding hydrogens is 248 g/mol. The minimum Gasteiger partial charge on any atom is -0.301 e. The molecule has 1 aromatic rings. The maximum atomic E-state index is 12.1. The molecule has 0 bridgehead atoms. The maximum absolute atomic E-state index is 12.1. The van der Waals surface area contributed by atoms with Gasteiger partial charge in [0.1, 0.15) is 4.21 Å². The summed E-state index contributed by atoms with van der Waals surface area (Å²) in [6.07, 6.45) is 1.29. The third-order valence-corrected chi connectivity index (χ3v) is 5.95. The summed E-state index contributed by atoms with van der Waals surface area (Å²) in [6, 6.07) is 3.37. The molecule has 1 fully saturated rings. The quantitative estimate of drug-likeness (QED) is 0.817. The van der Waals surface area contributed by atoms with Crippen molar-refractivity contribution in [2.75, 3.05) is 13.1 Å². The van der Waals surface area contributed by atoms with Crippen LogP contribution in [0.5, 0.6) is 0 Å². The van der Waals surface area contributed by atoms with Gasteiger partial charge in [0, 0.05) is 13.1 Å². The van der Waals surface area contributed by atoms with Crippen LogP contribution >= 0.6 is 11.3 Å². The Morgan fingerprint density at radius 3 is 2.62 bits per heavy atom. The molecule has 0 saturated carbocycles. The van der Waals surface area contributed by atoms with Crippen LogP contribution in [0.4, 0.5) is 0 Å². The molecule has 1 saturated heterocycles. The average molecular weight is 262 g/mol. The van der Waals surface area contributed by atoms with Crippen molar-refractivity contribution >= 4 is 21.4 Å². The monoisotopic (exact) mass is 262 g/mol. The number of sulfonamides is 1. The Morgan fingerprint density at radius 2 is 2.12 bits per heavy atom. The van der Waals surface area contributed by atoms with Crippen molar-refractivity contribution in [2.45, 2.75) is 23.2 Å². The lowest BCUT2D eigenvalue weighted by atomic mass is 10.1. The molecular formula is C9H14N2O3S2. The van der Waals surface area contributed by atoms with Crippen molar-refractivity contribution in [1.82, 2.24) is 4.31 Å². The molecule has 2 N–H and O–H groups in total. The molecule has 0 atom stereocenters. The van der Waals surface area contributed by atoms with E-state index in [1.165, 1.54) is 15.6 Å². The van der Waals surface area contributed by atoms with Gasteiger partial charge in [0.2, 0.25) is 0 Å². The summed E-state index contributed by atoms with van der Waals surface area (Å²) < 4.78 is 26.1. The molecule has 0 spiro atoms.